The van der Waals surface area contributed by atoms with E-state index in [-0.39, 0.29) is 36.0 Å². The maximum Gasteiger partial charge on any atom is 0.418 e. The highest BCUT2D eigenvalue weighted by Gasteiger charge is 2.32. The third-order valence-electron chi connectivity index (χ3n) is 3.36. The van der Waals surface area contributed by atoms with E-state index in [2.05, 4.69) is 10.4 Å². The van der Waals surface area contributed by atoms with E-state index in [1.807, 2.05) is 0 Å². The summed E-state index contributed by atoms with van der Waals surface area (Å²) in [6.45, 7) is 1.80. The summed E-state index contributed by atoms with van der Waals surface area (Å²) < 4.78 is 57.4. The molecule has 1 aromatic heterocycles. The van der Waals surface area contributed by atoms with Gasteiger partial charge in [0.05, 0.1) is 22.5 Å². The number of nitrogens with zero attached hydrogens (tertiary/aromatic N) is 2. The molecule has 0 radical (unpaired) electrons. The topological polar surface area (TPSA) is 73.2 Å². The molecule has 0 bridgehead atoms. The van der Waals surface area contributed by atoms with Gasteiger partial charge in [0.25, 0.3) is 5.56 Å². The third kappa shape index (κ3) is 5.19. The molecule has 2 aromatic rings. The Labute approximate surface area is 155 Å². The van der Waals surface area contributed by atoms with Crippen LogP contribution in [0.25, 0.3) is 5.69 Å². The standard InChI is InChI=1S/C16H14ClF4N3O3/c1-2-15(26)27-4-3-22-12-7-13(11(18)6-10(12)17)24-14(25)5-9(8-23-24)16(19,20)21/h5-8,22H,2-4H2,1H3. The van der Waals surface area contributed by atoms with Gasteiger partial charge in [-0.15, -0.1) is 0 Å². The maximum atomic E-state index is 14.2. The zero-order valence-corrected chi connectivity index (χ0v) is 14.7. The van der Waals surface area contributed by atoms with Gasteiger partial charge in [0.15, 0.2) is 5.82 Å². The molecule has 0 aliphatic heterocycles. The van der Waals surface area contributed by atoms with E-state index in [1.165, 1.54) is 0 Å². The maximum absolute atomic E-state index is 14.2. The molecule has 11 heteroatoms. The number of hydrogen-bond donors (Lipinski definition) is 1. The van der Waals surface area contributed by atoms with Crippen molar-refractivity contribution < 1.29 is 27.1 Å². The van der Waals surface area contributed by atoms with Gasteiger partial charge < -0.3 is 10.1 Å². The summed E-state index contributed by atoms with van der Waals surface area (Å²) in [5.41, 5.74) is -2.59. The SMILES string of the molecule is CCC(=O)OCCNc1cc(-n2ncc(C(F)(F)F)cc2=O)c(F)cc1Cl. The number of halogens is 5. The molecule has 0 unspecified atom stereocenters. The number of carbonyl (C=O) groups excluding carboxylic acids is 1. The first kappa shape index (κ1) is 20.7. The number of nitrogens with one attached hydrogen (secondary N) is 1. The van der Waals surface area contributed by atoms with Crippen molar-refractivity contribution in [2.45, 2.75) is 19.5 Å². The molecule has 0 atom stereocenters. The van der Waals surface area contributed by atoms with Gasteiger partial charge >= 0.3 is 12.1 Å². The monoisotopic (exact) mass is 407 g/mol. The molecule has 0 aliphatic carbocycles. The average molecular weight is 408 g/mol. The molecule has 146 valence electrons. The predicted molar refractivity (Wildman–Crippen MR) is 89.5 cm³/mol. The van der Waals surface area contributed by atoms with Crippen LogP contribution in [-0.4, -0.2) is 28.9 Å². The largest absolute Gasteiger partial charge is 0.464 e. The number of aromatic nitrogens is 2. The van der Waals surface area contributed by atoms with Crippen molar-refractivity contribution in [3.05, 3.63) is 51.2 Å². The average Bonchev–Trinajstić information content (AvgIpc) is 2.59. The summed E-state index contributed by atoms with van der Waals surface area (Å²) in [6.07, 6.45) is -4.11. The summed E-state index contributed by atoms with van der Waals surface area (Å²) in [6, 6.07) is 2.34. The first-order valence-electron chi connectivity index (χ1n) is 7.69. The lowest BCUT2D eigenvalue weighted by atomic mass is 10.2. The molecule has 1 heterocycles. The highest BCUT2D eigenvalue weighted by atomic mass is 35.5. The van der Waals surface area contributed by atoms with Crippen molar-refractivity contribution in [3.63, 3.8) is 0 Å². The number of esters is 1. The van der Waals surface area contributed by atoms with Gasteiger partial charge in [-0.25, -0.2) is 4.39 Å². The van der Waals surface area contributed by atoms with E-state index in [0.717, 1.165) is 12.1 Å². The van der Waals surface area contributed by atoms with Gasteiger partial charge in [0, 0.05) is 19.0 Å². The van der Waals surface area contributed by atoms with E-state index in [9.17, 15) is 27.2 Å². The Bertz CT molecular complexity index is 899. The lowest BCUT2D eigenvalue weighted by Crippen LogP contribution is -2.24. The number of carbonyl (C=O) groups is 1. The first-order valence-corrected chi connectivity index (χ1v) is 8.06. The van der Waals surface area contributed by atoms with E-state index >= 15 is 0 Å². The van der Waals surface area contributed by atoms with Crippen molar-refractivity contribution in [2.75, 3.05) is 18.5 Å². The summed E-state index contributed by atoms with van der Waals surface area (Å²) in [5, 5.41) is 6.14. The van der Waals surface area contributed by atoms with Crippen LogP contribution in [0.2, 0.25) is 5.02 Å². The Hall–Kier alpha value is -2.62. The molecule has 0 fully saturated rings. The molecular formula is C16H14ClF4N3O3. The highest BCUT2D eigenvalue weighted by molar-refractivity contribution is 6.33. The molecule has 27 heavy (non-hydrogen) atoms. The fourth-order valence-electron chi connectivity index (χ4n) is 2.03. The van der Waals surface area contributed by atoms with Crippen LogP contribution >= 0.6 is 11.6 Å². The fraction of sp³-hybridized carbons (Fsp3) is 0.312. The van der Waals surface area contributed by atoms with Gasteiger partial charge in [0.2, 0.25) is 0 Å². The van der Waals surface area contributed by atoms with Gasteiger partial charge in [-0.2, -0.15) is 23.0 Å². The van der Waals surface area contributed by atoms with Crippen molar-refractivity contribution in [1.82, 2.24) is 9.78 Å². The second-order valence-electron chi connectivity index (χ2n) is 5.28. The number of benzene rings is 1. The summed E-state index contributed by atoms with van der Waals surface area (Å²) >= 11 is 5.92. The van der Waals surface area contributed by atoms with Crippen LogP contribution in [0.15, 0.2) is 29.2 Å². The molecule has 6 nitrogen and oxygen atoms in total. The highest BCUT2D eigenvalue weighted by Crippen LogP contribution is 2.29. The van der Waals surface area contributed by atoms with Gasteiger partial charge in [0.1, 0.15) is 12.3 Å². The molecule has 0 saturated heterocycles. The van der Waals surface area contributed by atoms with E-state index in [4.69, 9.17) is 16.3 Å². The normalized spacial score (nSPS) is 11.3. The number of alkyl halides is 3. The zero-order valence-electron chi connectivity index (χ0n) is 13.9. The predicted octanol–water partition coefficient (Wildman–Crippen LogP) is 3.41. The van der Waals surface area contributed by atoms with E-state index in [1.54, 1.807) is 6.92 Å². The van der Waals surface area contributed by atoms with Crippen molar-refractivity contribution in [3.8, 4) is 5.69 Å². The quantitative estimate of drug-likeness (QED) is 0.451. The van der Waals surface area contributed by atoms with Crippen LogP contribution in [0.1, 0.15) is 18.9 Å². The Morgan fingerprint density at radius 3 is 2.63 bits per heavy atom. The minimum absolute atomic E-state index is 0.0220. The van der Waals surface area contributed by atoms with Crippen molar-refractivity contribution in [1.29, 1.82) is 0 Å². The lowest BCUT2D eigenvalue weighted by Gasteiger charge is -2.13. The fourth-order valence-corrected chi connectivity index (χ4v) is 2.25. The van der Waals surface area contributed by atoms with Crippen LogP contribution in [0.5, 0.6) is 0 Å². The molecule has 1 aromatic carbocycles. The van der Waals surface area contributed by atoms with Crippen LogP contribution < -0.4 is 10.9 Å². The minimum atomic E-state index is -4.74. The summed E-state index contributed by atoms with van der Waals surface area (Å²) in [4.78, 5) is 23.0. The summed E-state index contributed by atoms with van der Waals surface area (Å²) in [5.74, 6) is -1.35. The van der Waals surface area contributed by atoms with Gasteiger partial charge in [-0.1, -0.05) is 18.5 Å². The van der Waals surface area contributed by atoms with Crippen LogP contribution in [0.4, 0.5) is 23.2 Å². The Morgan fingerprint density at radius 1 is 1.33 bits per heavy atom. The Balaban J connectivity index is 2.28. The number of hydrogen-bond acceptors (Lipinski definition) is 5. The van der Waals surface area contributed by atoms with E-state index in [0.29, 0.717) is 16.9 Å². The molecule has 1 N–H and O–H groups in total. The zero-order chi connectivity index (χ0) is 20.2. The smallest absolute Gasteiger partial charge is 0.418 e. The van der Waals surface area contributed by atoms with Crippen LogP contribution in [-0.2, 0) is 15.7 Å². The van der Waals surface area contributed by atoms with Crippen molar-refractivity contribution in [2.24, 2.45) is 0 Å². The summed E-state index contributed by atoms with van der Waals surface area (Å²) in [7, 11) is 0. The minimum Gasteiger partial charge on any atom is -0.464 e. The van der Waals surface area contributed by atoms with Crippen molar-refractivity contribution >= 4 is 23.3 Å². The number of ether oxygens (including phenoxy) is 1. The van der Waals surface area contributed by atoms with E-state index < -0.39 is 29.1 Å². The molecule has 0 amide bonds. The Kier molecular flexibility index (Phi) is 6.42. The van der Waals surface area contributed by atoms with Gasteiger partial charge in [-0.05, 0) is 12.1 Å². The Morgan fingerprint density at radius 2 is 2.04 bits per heavy atom. The number of anilines is 1. The number of rotatable bonds is 6. The second kappa shape index (κ2) is 8.38. The molecule has 2 rings (SSSR count). The molecule has 0 saturated carbocycles. The second-order valence-corrected chi connectivity index (χ2v) is 5.68. The molecule has 0 aliphatic rings. The van der Waals surface area contributed by atoms with Crippen LogP contribution in [0, 0.1) is 5.82 Å². The van der Waals surface area contributed by atoms with Gasteiger partial charge in [-0.3, -0.25) is 9.59 Å². The molecular weight excluding hydrogens is 394 g/mol. The third-order valence-corrected chi connectivity index (χ3v) is 3.67. The molecule has 0 spiro atoms. The van der Waals surface area contributed by atoms with Crippen LogP contribution in [0.3, 0.4) is 0 Å². The lowest BCUT2D eigenvalue weighted by molar-refractivity contribution is -0.142. The first-order chi connectivity index (χ1) is 12.6.